The van der Waals surface area contributed by atoms with E-state index in [1.165, 1.54) is 0 Å². The average molecular weight is 186 g/mol. The molecule has 2 nitrogen and oxygen atoms in total. The topological polar surface area (TPSA) is 46.2 Å². The molecule has 0 heterocycles. The molecule has 1 unspecified atom stereocenters. The molecule has 0 spiro atoms. The molecule has 0 aliphatic carbocycles. The van der Waals surface area contributed by atoms with Gasteiger partial charge >= 0.3 is 0 Å². The van der Waals surface area contributed by atoms with Crippen LogP contribution in [0.25, 0.3) is 0 Å². The lowest BCUT2D eigenvalue weighted by Gasteiger charge is -2.23. The number of halogens is 1. The second kappa shape index (κ2) is 3.44. The zero-order chi connectivity index (χ0) is 9.19. The largest absolute Gasteiger partial charge is 0.385 e. The summed E-state index contributed by atoms with van der Waals surface area (Å²) in [4.78, 5) is -1.11. The van der Waals surface area contributed by atoms with Gasteiger partial charge in [0.1, 0.15) is 11.1 Å². The van der Waals surface area contributed by atoms with E-state index in [2.05, 4.69) is 0 Å². The summed E-state index contributed by atoms with van der Waals surface area (Å²) in [6, 6.07) is 9.12. The monoisotopic (exact) mass is 185 g/mol. The standard InChI is InChI=1S/C9H12ClNO/c1-9(10,11)8(12)7-5-3-2-4-6-7/h2-6,8,12H,11H2,1H3/t8?,9-/m0/s1. The Morgan fingerprint density at radius 3 is 2.33 bits per heavy atom. The van der Waals surface area contributed by atoms with Crippen molar-refractivity contribution >= 4 is 11.6 Å². The van der Waals surface area contributed by atoms with Crippen molar-refractivity contribution in [1.29, 1.82) is 0 Å². The van der Waals surface area contributed by atoms with Crippen molar-refractivity contribution in [3.05, 3.63) is 35.9 Å². The summed E-state index contributed by atoms with van der Waals surface area (Å²) in [5, 5.41) is 9.60. The van der Waals surface area contributed by atoms with Crippen molar-refractivity contribution in [3.63, 3.8) is 0 Å². The molecule has 0 fully saturated rings. The molecule has 3 heteroatoms. The Bertz CT molecular complexity index is 242. The highest BCUT2D eigenvalue weighted by Crippen LogP contribution is 2.26. The van der Waals surface area contributed by atoms with Crippen LogP contribution in [0, 0.1) is 0 Å². The minimum atomic E-state index is -1.11. The van der Waals surface area contributed by atoms with Crippen LogP contribution in [-0.4, -0.2) is 10.1 Å². The summed E-state index contributed by atoms with van der Waals surface area (Å²) < 4.78 is 0. The molecule has 0 aromatic heterocycles. The van der Waals surface area contributed by atoms with Crippen LogP contribution in [0.5, 0.6) is 0 Å². The Hall–Kier alpha value is -0.570. The molecule has 1 rings (SSSR count). The van der Waals surface area contributed by atoms with Gasteiger partial charge in [-0.05, 0) is 12.5 Å². The normalized spacial score (nSPS) is 18.3. The first kappa shape index (κ1) is 9.52. The molecule has 0 aliphatic rings. The van der Waals surface area contributed by atoms with E-state index in [1.54, 1.807) is 19.1 Å². The van der Waals surface area contributed by atoms with Crippen LogP contribution in [0.2, 0.25) is 0 Å². The summed E-state index contributed by atoms with van der Waals surface area (Å²) >= 11 is 5.75. The third-order valence-electron chi connectivity index (χ3n) is 1.65. The van der Waals surface area contributed by atoms with E-state index in [9.17, 15) is 5.11 Å². The third kappa shape index (κ3) is 2.21. The van der Waals surface area contributed by atoms with Crippen molar-refractivity contribution in [2.45, 2.75) is 18.0 Å². The van der Waals surface area contributed by atoms with E-state index in [1.807, 2.05) is 18.2 Å². The highest BCUT2D eigenvalue weighted by Gasteiger charge is 2.26. The van der Waals surface area contributed by atoms with Gasteiger partial charge in [-0.15, -0.1) is 0 Å². The summed E-state index contributed by atoms with van der Waals surface area (Å²) in [6.07, 6.45) is -0.833. The van der Waals surface area contributed by atoms with Gasteiger partial charge in [0, 0.05) is 0 Å². The van der Waals surface area contributed by atoms with Crippen LogP contribution in [0.1, 0.15) is 18.6 Å². The van der Waals surface area contributed by atoms with Gasteiger partial charge in [-0.1, -0.05) is 41.9 Å². The smallest absolute Gasteiger partial charge is 0.119 e. The second-order valence-electron chi connectivity index (χ2n) is 2.96. The first-order valence-electron chi connectivity index (χ1n) is 3.72. The third-order valence-corrected chi connectivity index (χ3v) is 1.86. The molecule has 0 aliphatic heterocycles. The van der Waals surface area contributed by atoms with Gasteiger partial charge in [-0.2, -0.15) is 0 Å². The van der Waals surface area contributed by atoms with Crippen molar-refractivity contribution in [3.8, 4) is 0 Å². The lowest BCUT2D eigenvalue weighted by atomic mass is 10.0. The molecule has 0 bridgehead atoms. The van der Waals surface area contributed by atoms with Gasteiger partial charge in [-0.25, -0.2) is 0 Å². The number of aliphatic hydroxyl groups excluding tert-OH is 1. The number of hydrogen-bond donors (Lipinski definition) is 2. The van der Waals surface area contributed by atoms with E-state index in [-0.39, 0.29) is 0 Å². The number of hydrogen-bond acceptors (Lipinski definition) is 2. The Labute approximate surface area is 77.0 Å². The quantitative estimate of drug-likeness (QED) is 0.544. The van der Waals surface area contributed by atoms with Crippen molar-refractivity contribution in [2.75, 3.05) is 0 Å². The fourth-order valence-corrected chi connectivity index (χ4v) is 1.09. The molecule has 66 valence electrons. The Morgan fingerprint density at radius 1 is 1.42 bits per heavy atom. The predicted molar refractivity (Wildman–Crippen MR) is 49.8 cm³/mol. The van der Waals surface area contributed by atoms with Crippen LogP contribution < -0.4 is 5.73 Å². The number of aliphatic hydroxyl groups is 1. The van der Waals surface area contributed by atoms with Crippen LogP contribution in [-0.2, 0) is 0 Å². The molecule has 1 aromatic rings. The molecule has 0 amide bonds. The van der Waals surface area contributed by atoms with Crippen molar-refractivity contribution < 1.29 is 5.11 Å². The summed E-state index contributed by atoms with van der Waals surface area (Å²) in [7, 11) is 0. The van der Waals surface area contributed by atoms with E-state index in [0.717, 1.165) is 5.56 Å². The maximum atomic E-state index is 9.60. The van der Waals surface area contributed by atoms with Gasteiger partial charge < -0.3 is 10.8 Å². The van der Waals surface area contributed by atoms with Gasteiger partial charge in [0.15, 0.2) is 0 Å². The molecule has 0 radical (unpaired) electrons. The highest BCUT2D eigenvalue weighted by atomic mass is 35.5. The lowest BCUT2D eigenvalue weighted by Crippen LogP contribution is -2.36. The molecule has 12 heavy (non-hydrogen) atoms. The Kier molecular flexibility index (Phi) is 2.73. The summed E-state index contributed by atoms with van der Waals surface area (Å²) in [5.41, 5.74) is 6.26. The summed E-state index contributed by atoms with van der Waals surface area (Å²) in [5.74, 6) is 0. The van der Waals surface area contributed by atoms with E-state index in [4.69, 9.17) is 17.3 Å². The summed E-state index contributed by atoms with van der Waals surface area (Å²) in [6.45, 7) is 1.58. The molecule has 3 N–H and O–H groups in total. The number of alkyl halides is 1. The molecular weight excluding hydrogens is 174 g/mol. The molecular formula is C9H12ClNO. The van der Waals surface area contributed by atoms with Crippen molar-refractivity contribution in [2.24, 2.45) is 5.73 Å². The number of benzene rings is 1. The maximum Gasteiger partial charge on any atom is 0.119 e. The zero-order valence-electron chi connectivity index (χ0n) is 6.87. The van der Waals surface area contributed by atoms with Gasteiger partial charge in [0.25, 0.3) is 0 Å². The first-order chi connectivity index (χ1) is 5.52. The van der Waals surface area contributed by atoms with Gasteiger partial charge in [-0.3, -0.25) is 0 Å². The highest BCUT2D eigenvalue weighted by molar-refractivity contribution is 6.23. The zero-order valence-corrected chi connectivity index (χ0v) is 7.62. The molecule has 2 atom stereocenters. The first-order valence-corrected chi connectivity index (χ1v) is 4.10. The minimum Gasteiger partial charge on any atom is -0.385 e. The fourth-order valence-electron chi connectivity index (χ4n) is 0.961. The Morgan fingerprint density at radius 2 is 1.92 bits per heavy atom. The Balaban J connectivity index is 2.86. The van der Waals surface area contributed by atoms with E-state index < -0.39 is 11.1 Å². The number of rotatable bonds is 2. The number of nitrogens with two attached hydrogens (primary N) is 1. The van der Waals surface area contributed by atoms with E-state index >= 15 is 0 Å². The predicted octanol–water partition coefficient (Wildman–Crippen LogP) is 1.63. The minimum absolute atomic E-state index is 0.734. The molecule has 0 saturated heterocycles. The van der Waals surface area contributed by atoms with Crippen LogP contribution >= 0.6 is 11.6 Å². The van der Waals surface area contributed by atoms with Crippen LogP contribution in [0.3, 0.4) is 0 Å². The lowest BCUT2D eigenvalue weighted by molar-refractivity contribution is 0.135. The fraction of sp³-hybridized carbons (Fsp3) is 0.333. The molecule has 1 aromatic carbocycles. The van der Waals surface area contributed by atoms with E-state index in [0.29, 0.717) is 0 Å². The van der Waals surface area contributed by atoms with Crippen molar-refractivity contribution in [1.82, 2.24) is 0 Å². The average Bonchev–Trinajstić information content (AvgIpc) is 2.03. The van der Waals surface area contributed by atoms with Gasteiger partial charge in [0.2, 0.25) is 0 Å². The molecule has 0 saturated carbocycles. The SMILES string of the molecule is C[C@@](N)(Cl)C(O)c1ccccc1. The second-order valence-corrected chi connectivity index (χ2v) is 3.78. The van der Waals surface area contributed by atoms with Crippen LogP contribution in [0.4, 0.5) is 0 Å². The van der Waals surface area contributed by atoms with Crippen LogP contribution in [0.15, 0.2) is 30.3 Å². The van der Waals surface area contributed by atoms with Gasteiger partial charge in [0.05, 0.1) is 0 Å². The maximum absolute atomic E-state index is 9.60.